The van der Waals surface area contributed by atoms with Crippen LogP contribution in [0.4, 0.5) is 19.0 Å². The van der Waals surface area contributed by atoms with Gasteiger partial charge >= 0.3 is 17.8 Å². The minimum absolute atomic E-state index is 0.0204. The van der Waals surface area contributed by atoms with Crippen LogP contribution in [0, 0.1) is 13.8 Å². The van der Waals surface area contributed by atoms with Gasteiger partial charge in [0.15, 0.2) is 0 Å². The molecular weight excluding hydrogens is 375 g/mol. The van der Waals surface area contributed by atoms with E-state index >= 15 is 0 Å². The number of nitrogens with one attached hydrogen (secondary N) is 3. The summed E-state index contributed by atoms with van der Waals surface area (Å²) in [5, 5.41) is 3.88. The van der Waals surface area contributed by atoms with Gasteiger partial charge < -0.3 is 4.74 Å². The molecule has 0 aliphatic rings. The van der Waals surface area contributed by atoms with E-state index < -0.39 is 23.7 Å². The fraction of sp³-hybridized carbons (Fsp3) is 0.316. The van der Waals surface area contributed by atoms with Gasteiger partial charge in [0.05, 0.1) is 12.8 Å². The molecule has 0 saturated heterocycles. The first-order valence-electron chi connectivity index (χ1n) is 8.48. The van der Waals surface area contributed by atoms with Crippen molar-refractivity contribution in [2.45, 2.75) is 32.6 Å². The molecule has 28 heavy (non-hydrogen) atoms. The Bertz CT molecular complexity index is 871. The highest BCUT2D eigenvalue weighted by molar-refractivity contribution is 5.99. The van der Waals surface area contributed by atoms with Crippen molar-refractivity contribution in [2.24, 2.45) is 0 Å². The van der Waals surface area contributed by atoms with Gasteiger partial charge in [-0.25, -0.2) is 15.1 Å². The van der Waals surface area contributed by atoms with Gasteiger partial charge in [-0.1, -0.05) is 17.7 Å². The topological polar surface area (TPSA) is 81.6 Å². The molecule has 0 bridgehead atoms. The van der Waals surface area contributed by atoms with E-state index in [1.165, 1.54) is 37.4 Å². The Morgan fingerprint density at radius 1 is 1.11 bits per heavy atom. The third-order valence-electron chi connectivity index (χ3n) is 3.87. The van der Waals surface area contributed by atoms with E-state index in [0.29, 0.717) is 11.1 Å². The number of alkyl halides is 3. The van der Waals surface area contributed by atoms with Crippen molar-refractivity contribution in [1.29, 1.82) is 0 Å². The molecule has 1 atom stereocenters. The number of rotatable bonds is 6. The molecule has 6 nitrogen and oxygen atoms in total. The lowest BCUT2D eigenvalue weighted by Crippen LogP contribution is -2.69. The SMILES string of the molecule is CCOC(=O)[C@@](NC(=O)c1cccc(C)c1)(Nc1cc(C)cc[nH+]1)C(F)(F)F. The molecule has 1 aromatic heterocycles. The fourth-order valence-corrected chi connectivity index (χ4v) is 2.51. The number of aromatic amines is 1. The molecule has 2 rings (SSSR count). The number of aryl methyl sites for hydroxylation is 2. The maximum atomic E-state index is 14.1. The third kappa shape index (κ3) is 4.59. The van der Waals surface area contributed by atoms with Crippen LogP contribution in [0.1, 0.15) is 28.4 Å². The summed E-state index contributed by atoms with van der Waals surface area (Å²) in [7, 11) is 0. The molecule has 0 aliphatic heterocycles. The van der Waals surface area contributed by atoms with E-state index in [0.717, 1.165) is 0 Å². The largest absolute Gasteiger partial charge is 0.464 e. The van der Waals surface area contributed by atoms with Crippen LogP contribution in [0.2, 0.25) is 0 Å². The molecule has 2 aromatic rings. The number of aromatic nitrogens is 1. The van der Waals surface area contributed by atoms with Gasteiger partial charge in [-0.15, -0.1) is 0 Å². The lowest BCUT2D eigenvalue weighted by atomic mass is 10.1. The summed E-state index contributed by atoms with van der Waals surface area (Å²) in [5.74, 6) is -2.86. The summed E-state index contributed by atoms with van der Waals surface area (Å²) in [6.45, 7) is 4.44. The zero-order chi connectivity index (χ0) is 20.9. The molecule has 9 heteroatoms. The van der Waals surface area contributed by atoms with Crippen molar-refractivity contribution in [1.82, 2.24) is 5.32 Å². The van der Waals surface area contributed by atoms with Gasteiger partial charge in [0.25, 0.3) is 11.7 Å². The van der Waals surface area contributed by atoms with Crippen LogP contribution in [0.3, 0.4) is 0 Å². The highest BCUT2D eigenvalue weighted by Crippen LogP contribution is 2.33. The standard InChI is InChI=1S/C19H20F3N3O3/c1-4-28-17(27)18(19(20,21)22,24-15-11-13(3)8-9-23-15)25-16(26)14-7-5-6-12(2)10-14/h5-11H,4H2,1-3H3,(H,23,24)(H,25,26)/p+1/t18-/m0/s1. The van der Waals surface area contributed by atoms with Crippen LogP contribution in [0.25, 0.3) is 0 Å². The van der Waals surface area contributed by atoms with Gasteiger partial charge in [0.1, 0.15) is 0 Å². The van der Waals surface area contributed by atoms with Crippen LogP contribution < -0.4 is 15.6 Å². The molecule has 0 fully saturated rings. The highest BCUT2D eigenvalue weighted by Gasteiger charge is 2.68. The first-order valence-corrected chi connectivity index (χ1v) is 8.48. The predicted molar refractivity (Wildman–Crippen MR) is 95.4 cm³/mol. The van der Waals surface area contributed by atoms with Crippen LogP contribution in [0.5, 0.6) is 0 Å². The summed E-state index contributed by atoms with van der Waals surface area (Å²) >= 11 is 0. The summed E-state index contributed by atoms with van der Waals surface area (Å²) in [5.41, 5.74) is -2.17. The minimum atomic E-state index is -5.20. The Morgan fingerprint density at radius 3 is 2.36 bits per heavy atom. The van der Waals surface area contributed by atoms with Gasteiger partial charge in [0.2, 0.25) is 0 Å². The van der Waals surface area contributed by atoms with E-state index in [4.69, 9.17) is 0 Å². The fourth-order valence-electron chi connectivity index (χ4n) is 2.51. The molecule has 0 unspecified atom stereocenters. The van der Waals surface area contributed by atoms with Crippen molar-refractivity contribution in [3.63, 3.8) is 0 Å². The number of amides is 1. The Morgan fingerprint density at radius 2 is 1.79 bits per heavy atom. The average Bonchev–Trinajstić information content (AvgIpc) is 2.60. The summed E-state index contributed by atoms with van der Waals surface area (Å²) < 4.78 is 46.9. The number of hydrogen-bond donors (Lipinski definition) is 2. The minimum Gasteiger partial charge on any atom is -0.461 e. The smallest absolute Gasteiger partial charge is 0.461 e. The molecule has 1 heterocycles. The maximum Gasteiger partial charge on any atom is 0.464 e. The number of hydrogen-bond acceptors (Lipinski definition) is 4. The number of pyridine rings is 1. The first kappa shape index (κ1) is 21.2. The third-order valence-corrected chi connectivity index (χ3v) is 3.87. The quantitative estimate of drug-likeness (QED) is 0.581. The number of benzene rings is 1. The van der Waals surface area contributed by atoms with Gasteiger partial charge in [-0.05, 0) is 44.5 Å². The number of carbonyl (C=O) groups is 2. The number of halogens is 3. The molecule has 0 aliphatic carbocycles. The van der Waals surface area contributed by atoms with E-state index in [2.05, 4.69) is 15.0 Å². The van der Waals surface area contributed by atoms with Crippen molar-refractivity contribution in [2.75, 3.05) is 11.9 Å². The molecular formula is C19H21F3N3O3+. The Kier molecular flexibility index (Phi) is 6.27. The van der Waals surface area contributed by atoms with E-state index in [1.807, 2.05) is 0 Å². The average molecular weight is 396 g/mol. The molecule has 1 aromatic carbocycles. The van der Waals surface area contributed by atoms with Gasteiger partial charge in [0, 0.05) is 11.6 Å². The van der Waals surface area contributed by atoms with Gasteiger partial charge in [-0.2, -0.15) is 13.2 Å². The van der Waals surface area contributed by atoms with Crippen molar-refractivity contribution in [3.05, 3.63) is 59.3 Å². The van der Waals surface area contributed by atoms with E-state index in [1.54, 1.807) is 31.3 Å². The Hall–Kier alpha value is -3.10. The first-order chi connectivity index (χ1) is 13.1. The van der Waals surface area contributed by atoms with Crippen LogP contribution >= 0.6 is 0 Å². The molecule has 150 valence electrons. The number of ether oxygens (including phenoxy) is 1. The normalized spacial score (nSPS) is 13.4. The second kappa shape index (κ2) is 8.28. The highest BCUT2D eigenvalue weighted by atomic mass is 19.4. The number of anilines is 1. The Labute approximate surface area is 160 Å². The molecule has 0 saturated carbocycles. The number of carbonyl (C=O) groups excluding carboxylic acids is 2. The lowest BCUT2D eigenvalue weighted by Gasteiger charge is -2.30. The van der Waals surface area contributed by atoms with Crippen LogP contribution in [0.15, 0.2) is 42.6 Å². The van der Waals surface area contributed by atoms with E-state index in [9.17, 15) is 22.8 Å². The summed E-state index contributed by atoms with van der Waals surface area (Å²) in [6.07, 6.45) is -3.79. The number of H-pyrrole nitrogens is 1. The molecule has 3 N–H and O–H groups in total. The monoisotopic (exact) mass is 396 g/mol. The van der Waals surface area contributed by atoms with Crippen LogP contribution in [-0.4, -0.2) is 30.3 Å². The second-order valence-electron chi connectivity index (χ2n) is 6.20. The second-order valence-corrected chi connectivity index (χ2v) is 6.20. The van der Waals surface area contributed by atoms with Crippen molar-refractivity contribution in [3.8, 4) is 0 Å². The van der Waals surface area contributed by atoms with Crippen molar-refractivity contribution < 1.29 is 32.5 Å². The molecule has 0 radical (unpaired) electrons. The van der Waals surface area contributed by atoms with Gasteiger partial charge in [-0.3, -0.25) is 10.1 Å². The van der Waals surface area contributed by atoms with Crippen LogP contribution in [-0.2, 0) is 9.53 Å². The zero-order valence-corrected chi connectivity index (χ0v) is 15.6. The Balaban J connectivity index is 2.52. The predicted octanol–water partition coefficient (Wildman–Crippen LogP) is 2.78. The van der Waals surface area contributed by atoms with E-state index in [-0.39, 0.29) is 18.0 Å². The maximum absolute atomic E-state index is 14.1. The van der Waals surface area contributed by atoms with Crippen molar-refractivity contribution >= 4 is 17.7 Å². The summed E-state index contributed by atoms with van der Waals surface area (Å²) in [4.78, 5) is 27.5. The molecule has 1 amide bonds. The number of esters is 1. The molecule has 0 spiro atoms. The zero-order valence-electron chi connectivity index (χ0n) is 15.6. The lowest BCUT2D eigenvalue weighted by molar-refractivity contribution is -0.363. The summed E-state index contributed by atoms with van der Waals surface area (Å²) in [6, 6.07) is 9.01.